The van der Waals surface area contributed by atoms with Gasteiger partial charge in [-0.15, -0.1) is 0 Å². The highest BCUT2D eigenvalue weighted by atomic mass is 15.1. The summed E-state index contributed by atoms with van der Waals surface area (Å²) in [5, 5.41) is 16.0. The van der Waals surface area contributed by atoms with Gasteiger partial charge in [0.05, 0.1) is 23.3 Å². The smallest absolute Gasteiger partial charge is 0.135 e. The van der Waals surface area contributed by atoms with Crippen molar-refractivity contribution in [3.63, 3.8) is 0 Å². The summed E-state index contributed by atoms with van der Waals surface area (Å²) >= 11 is 0. The van der Waals surface area contributed by atoms with Gasteiger partial charge in [-0.3, -0.25) is 10.4 Å². The number of aromatic nitrogens is 2. The van der Waals surface area contributed by atoms with E-state index in [4.69, 9.17) is 11.1 Å². The van der Waals surface area contributed by atoms with Crippen LogP contribution in [0.1, 0.15) is 69.4 Å². The summed E-state index contributed by atoms with van der Waals surface area (Å²) < 4.78 is 0. The second-order valence-corrected chi connectivity index (χ2v) is 11.3. The summed E-state index contributed by atoms with van der Waals surface area (Å²) in [7, 11) is 0. The van der Waals surface area contributed by atoms with Crippen LogP contribution in [0.2, 0.25) is 0 Å². The van der Waals surface area contributed by atoms with E-state index in [1.807, 2.05) is 37.5 Å². The van der Waals surface area contributed by atoms with Gasteiger partial charge in [-0.05, 0) is 75.1 Å². The molecule has 214 valence electrons. The number of hydrogen-bond acceptors (Lipinski definition) is 7. The molecule has 0 bridgehead atoms. The molecule has 1 saturated carbocycles. The summed E-state index contributed by atoms with van der Waals surface area (Å²) in [6.45, 7) is 12.7. The van der Waals surface area contributed by atoms with Crippen molar-refractivity contribution in [1.82, 2.24) is 9.97 Å². The molecule has 2 aromatic rings. The molecule has 0 aromatic carbocycles. The summed E-state index contributed by atoms with van der Waals surface area (Å²) in [4.78, 5) is 11.5. The summed E-state index contributed by atoms with van der Waals surface area (Å²) in [5.41, 5.74) is 14.6. The number of nitrogens with zero attached hydrogens (tertiary/aromatic N) is 3. The topological polar surface area (TPSA) is 103 Å². The van der Waals surface area contributed by atoms with Crippen molar-refractivity contribution < 1.29 is 0 Å². The molecule has 2 fully saturated rings. The summed E-state index contributed by atoms with van der Waals surface area (Å²) in [6, 6.07) is 4.15. The largest absolute Gasteiger partial charge is 0.398 e. The van der Waals surface area contributed by atoms with Gasteiger partial charge in [-0.1, -0.05) is 44.6 Å². The van der Waals surface area contributed by atoms with Gasteiger partial charge in [0, 0.05) is 59.3 Å². The number of rotatable bonds is 9. The average Bonchev–Trinajstić information content (AvgIpc) is 3.03. The number of nitrogens with one attached hydrogen (secondary N) is 3. The minimum Gasteiger partial charge on any atom is -0.398 e. The van der Waals surface area contributed by atoms with Gasteiger partial charge in [0.1, 0.15) is 5.82 Å². The summed E-state index contributed by atoms with van der Waals surface area (Å²) in [5.74, 6) is 1.32. The molecule has 2 aliphatic heterocycles. The predicted octanol–water partition coefficient (Wildman–Crippen LogP) is 7.35. The zero-order valence-corrected chi connectivity index (χ0v) is 24.3. The standard InChI is InChI=1S/C34H43N7/c1-4-30(35)29(19-23(2)26-20-27(22-37-21-26)39-24(3)25-11-7-5-8-12-25)33(36)31-14-13-28-32(15-16-38-34(28)40-31)41-17-9-6-10-18-41/h4,14-16,19-22,25,36,39H,2-3,5-13,17-18,35H2,1H3,(H,38,40)/b29-19+,30-4+,36-33?. The summed E-state index contributed by atoms with van der Waals surface area (Å²) in [6.07, 6.45) is 21.9. The van der Waals surface area contributed by atoms with Crippen LogP contribution >= 0.6 is 0 Å². The van der Waals surface area contributed by atoms with Crippen LogP contribution in [0.4, 0.5) is 17.2 Å². The van der Waals surface area contributed by atoms with Gasteiger partial charge in [-0.2, -0.15) is 0 Å². The van der Waals surface area contributed by atoms with Crippen LogP contribution in [0.15, 0.2) is 84.8 Å². The van der Waals surface area contributed by atoms with Gasteiger partial charge in [0.25, 0.3) is 0 Å². The highest BCUT2D eigenvalue weighted by molar-refractivity contribution is 6.16. The molecule has 3 aliphatic rings. The van der Waals surface area contributed by atoms with Gasteiger partial charge >= 0.3 is 0 Å². The van der Waals surface area contributed by atoms with Gasteiger partial charge < -0.3 is 21.3 Å². The molecule has 4 heterocycles. The zero-order valence-electron chi connectivity index (χ0n) is 24.3. The number of allylic oxidation sites excluding steroid dienone is 7. The molecule has 0 atom stereocenters. The number of piperidine rings is 1. The van der Waals surface area contributed by atoms with E-state index in [2.05, 4.69) is 50.8 Å². The molecular weight excluding hydrogens is 506 g/mol. The van der Waals surface area contributed by atoms with Crippen molar-refractivity contribution >= 4 is 28.5 Å². The molecule has 0 spiro atoms. The van der Waals surface area contributed by atoms with E-state index in [1.165, 1.54) is 62.6 Å². The second kappa shape index (κ2) is 13.0. The Morgan fingerprint density at radius 1 is 1.12 bits per heavy atom. The van der Waals surface area contributed by atoms with Crippen LogP contribution in [0.3, 0.4) is 0 Å². The number of pyridine rings is 2. The van der Waals surface area contributed by atoms with E-state index >= 15 is 0 Å². The molecule has 1 aliphatic carbocycles. The maximum absolute atomic E-state index is 9.13. The third-order valence-electron chi connectivity index (χ3n) is 8.48. The van der Waals surface area contributed by atoms with Crippen LogP contribution in [0.5, 0.6) is 0 Å². The molecule has 2 aromatic heterocycles. The van der Waals surface area contributed by atoms with Gasteiger partial charge in [0.2, 0.25) is 0 Å². The first-order valence-electron chi connectivity index (χ1n) is 15.0. The first-order chi connectivity index (χ1) is 19.9. The maximum Gasteiger partial charge on any atom is 0.135 e. The fourth-order valence-electron chi connectivity index (χ4n) is 6.05. The Hall–Kier alpha value is -4.13. The predicted molar refractivity (Wildman–Crippen MR) is 172 cm³/mol. The molecule has 5 N–H and O–H groups in total. The van der Waals surface area contributed by atoms with Crippen molar-refractivity contribution in [2.24, 2.45) is 11.7 Å². The first kappa shape index (κ1) is 28.4. The minimum absolute atomic E-state index is 0.311. The van der Waals surface area contributed by atoms with Crippen molar-refractivity contribution in [3.8, 4) is 0 Å². The number of hydrogen-bond donors (Lipinski definition) is 4. The van der Waals surface area contributed by atoms with E-state index in [-0.39, 0.29) is 0 Å². The Kier molecular flexibility index (Phi) is 9.02. The van der Waals surface area contributed by atoms with Gasteiger partial charge in [0.15, 0.2) is 0 Å². The van der Waals surface area contributed by atoms with Crippen LogP contribution in [0, 0.1) is 11.3 Å². The molecule has 1 saturated heterocycles. The molecule has 0 unspecified atom stereocenters. The van der Waals surface area contributed by atoms with Gasteiger partial charge in [-0.25, -0.2) is 4.98 Å². The number of anilines is 3. The molecule has 5 rings (SSSR count). The lowest BCUT2D eigenvalue weighted by molar-refractivity contribution is 0.405. The van der Waals surface area contributed by atoms with Crippen molar-refractivity contribution in [2.75, 3.05) is 28.6 Å². The monoisotopic (exact) mass is 549 g/mol. The lowest BCUT2D eigenvalue weighted by Crippen LogP contribution is -2.31. The van der Waals surface area contributed by atoms with E-state index in [0.717, 1.165) is 41.4 Å². The Morgan fingerprint density at radius 3 is 2.63 bits per heavy atom. The lowest BCUT2D eigenvalue weighted by Gasteiger charge is -2.32. The normalized spacial score (nSPS) is 18.2. The zero-order chi connectivity index (χ0) is 28.8. The highest BCUT2D eigenvalue weighted by Gasteiger charge is 2.23. The second-order valence-electron chi connectivity index (χ2n) is 11.3. The molecule has 0 radical (unpaired) electrons. The molecular formula is C34H43N7. The Morgan fingerprint density at radius 2 is 1.88 bits per heavy atom. The third kappa shape index (κ3) is 6.62. The number of nitrogens with two attached hydrogens (primary N) is 1. The molecule has 0 amide bonds. The van der Waals surface area contributed by atoms with Crippen LogP contribution < -0.4 is 21.3 Å². The maximum atomic E-state index is 9.13. The molecule has 7 nitrogen and oxygen atoms in total. The van der Waals surface area contributed by atoms with E-state index in [1.54, 1.807) is 6.20 Å². The van der Waals surface area contributed by atoms with E-state index in [0.29, 0.717) is 35.0 Å². The number of fused-ring (bicyclic) bond motifs is 1. The van der Waals surface area contributed by atoms with Crippen LogP contribution in [0.25, 0.3) is 5.57 Å². The first-order valence-corrected chi connectivity index (χ1v) is 15.0. The quantitative estimate of drug-likeness (QED) is 0.193. The van der Waals surface area contributed by atoms with Crippen LogP contribution in [-0.2, 0) is 6.42 Å². The van der Waals surface area contributed by atoms with Crippen molar-refractivity contribution in [2.45, 2.75) is 64.7 Å². The molecule has 41 heavy (non-hydrogen) atoms. The minimum atomic E-state index is 0.311. The van der Waals surface area contributed by atoms with E-state index in [9.17, 15) is 0 Å². The fraction of sp³-hybridized carbons (Fsp3) is 0.382. The van der Waals surface area contributed by atoms with Crippen LogP contribution in [-0.4, -0.2) is 28.8 Å². The Labute approximate surface area is 244 Å². The Balaban J connectivity index is 1.34. The lowest BCUT2D eigenvalue weighted by atomic mass is 9.87. The van der Waals surface area contributed by atoms with E-state index < -0.39 is 0 Å². The molecule has 7 heteroatoms. The third-order valence-corrected chi connectivity index (χ3v) is 8.48. The SMILES string of the molecule is C=C(/C=C(C(=N)C1=CCc2c(N3CCCCC3)ccnc2N1)\C(N)=C/C)c1cncc(NC(=C)C2CCCCC2)c1. The Bertz CT molecular complexity index is 1400. The fourth-order valence-corrected chi connectivity index (χ4v) is 6.05. The average molecular weight is 550 g/mol. The highest BCUT2D eigenvalue weighted by Crippen LogP contribution is 2.34. The van der Waals surface area contributed by atoms with Crippen molar-refractivity contribution in [1.29, 1.82) is 5.41 Å². The van der Waals surface area contributed by atoms with Crippen molar-refractivity contribution in [3.05, 3.63) is 95.9 Å².